The lowest BCUT2D eigenvalue weighted by atomic mass is 10.1. The lowest BCUT2D eigenvalue weighted by Crippen LogP contribution is -2.41. The molecule has 2 aromatic rings. The Balaban J connectivity index is 1.51. The third kappa shape index (κ3) is 3.73. The first-order valence-electron chi connectivity index (χ1n) is 8.95. The zero-order valence-corrected chi connectivity index (χ0v) is 14.9. The van der Waals surface area contributed by atoms with E-state index >= 15 is 0 Å². The van der Waals surface area contributed by atoms with Crippen molar-refractivity contribution >= 4 is 5.91 Å². The maximum absolute atomic E-state index is 12.2. The zero-order valence-electron chi connectivity index (χ0n) is 14.9. The van der Waals surface area contributed by atoms with Crippen molar-refractivity contribution in [2.45, 2.75) is 19.1 Å². The molecule has 7 nitrogen and oxygen atoms in total. The highest BCUT2D eigenvalue weighted by Crippen LogP contribution is 2.23. The number of hydrogen-bond acceptors (Lipinski definition) is 5. The second kappa shape index (κ2) is 7.47. The van der Waals surface area contributed by atoms with Gasteiger partial charge in [0.15, 0.2) is 0 Å². The molecule has 1 aromatic heterocycles. The molecule has 0 aliphatic carbocycles. The number of aromatic nitrogens is 2. The van der Waals surface area contributed by atoms with Crippen LogP contribution in [0.3, 0.4) is 0 Å². The van der Waals surface area contributed by atoms with E-state index in [1.807, 2.05) is 23.0 Å². The maximum atomic E-state index is 12.2. The minimum absolute atomic E-state index is 0.0665. The van der Waals surface area contributed by atoms with Gasteiger partial charge in [-0.15, -0.1) is 0 Å². The predicted molar refractivity (Wildman–Crippen MR) is 95.8 cm³/mol. The highest BCUT2D eigenvalue weighted by atomic mass is 16.5. The van der Waals surface area contributed by atoms with Crippen LogP contribution in [0, 0.1) is 5.92 Å². The maximum Gasteiger partial charge on any atom is 0.227 e. The van der Waals surface area contributed by atoms with Crippen molar-refractivity contribution in [2.75, 3.05) is 33.4 Å². The second-order valence-corrected chi connectivity index (χ2v) is 6.98. The van der Waals surface area contributed by atoms with Gasteiger partial charge in [-0.3, -0.25) is 14.4 Å². The third-order valence-corrected chi connectivity index (χ3v) is 4.95. The lowest BCUT2D eigenvalue weighted by Gasteiger charge is -2.27. The third-order valence-electron chi connectivity index (χ3n) is 4.95. The number of methoxy groups -OCH3 is 1. The topological polar surface area (TPSA) is 68.6 Å². The summed E-state index contributed by atoms with van der Waals surface area (Å²) >= 11 is 0. The van der Waals surface area contributed by atoms with Gasteiger partial charge in [-0.25, -0.2) is 0 Å². The standard InChI is InChI=1S/C19H24N4O3/c1-25-18-4-3-14(7-15(18)10-23-6-2-5-20-23)8-22-9-16-12-26-13-17(11-22)21-19(16)24/h2-7,16-17H,8-13H2,1H3,(H,21,24)/t16-,17+/m1/s1. The minimum Gasteiger partial charge on any atom is -0.496 e. The van der Waals surface area contributed by atoms with E-state index in [1.165, 1.54) is 5.56 Å². The van der Waals surface area contributed by atoms with E-state index in [2.05, 4.69) is 27.4 Å². The summed E-state index contributed by atoms with van der Waals surface area (Å²) in [5.74, 6) is 0.885. The van der Waals surface area contributed by atoms with E-state index in [1.54, 1.807) is 13.3 Å². The fourth-order valence-corrected chi connectivity index (χ4v) is 3.73. The summed E-state index contributed by atoms with van der Waals surface area (Å²) < 4.78 is 13.0. The Morgan fingerprint density at radius 3 is 3.04 bits per heavy atom. The molecule has 2 bridgehead atoms. The lowest BCUT2D eigenvalue weighted by molar-refractivity contribution is -0.125. The molecule has 2 aliphatic rings. The molecule has 4 rings (SSSR count). The predicted octanol–water partition coefficient (Wildman–Crippen LogP) is 0.887. The van der Waals surface area contributed by atoms with Crippen LogP contribution in [0.2, 0.25) is 0 Å². The molecule has 1 N–H and O–H groups in total. The molecule has 0 radical (unpaired) electrons. The van der Waals surface area contributed by atoms with Gasteiger partial charge >= 0.3 is 0 Å². The van der Waals surface area contributed by atoms with Crippen molar-refractivity contribution in [2.24, 2.45) is 5.92 Å². The highest BCUT2D eigenvalue weighted by molar-refractivity contribution is 5.79. The highest BCUT2D eigenvalue weighted by Gasteiger charge is 2.33. The van der Waals surface area contributed by atoms with Crippen molar-refractivity contribution in [3.63, 3.8) is 0 Å². The summed E-state index contributed by atoms with van der Waals surface area (Å²) in [6, 6.07) is 8.26. The largest absolute Gasteiger partial charge is 0.496 e. The Labute approximate surface area is 152 Å². The molecule has 0 spiro atoms. The number of carbonyl (C=O) groups is 1. The molecule has 138 valence electrons. The quantitative estimate of drug-likeness (QED) is 0.862. The van der Waals surface area contributed by atoms with Gasteiger partial charge < -0.3 is 14.8 Å². The summed E-state index contributed by atoms with van der Waals surface area (Å²) in [6.07, 6.45) is 3.72. The monoisotopic (exact) mass is 356 g/mol. The van der Waals surface area contributed by atoms with Crippen LogP contribution in [-0.4, -0.2) is 60.0 Å². The molecule has 2 aliphatic heterocycles. The van der Waals surface area contributed by atoms with Crippen LogP contribution in [0.15, 0.2) is 36.7 Å². The summed E-state index contributed by atoms with van der Waals surface area (Å²) in [5.41, 5.74) is 2.31. The molecule has 2 fully saturated rings. The molecule has 1 amide bonds. The number of benzene rings is 1. The number of fused-ring (bicyclic) bond motifs is 3. The number of amides is 1. The molecule has 26 heavy (non-hydrogen) atoms. The number of ether oxygens (including phenoxy) is 2. The average Bonchev–Trinajstić information content (AvgIpc) is 3.00. The van der Waals surface area contributed by atoms with Gasteiger partial charge in [0.05, 0.1) is 38.8 Å². The first-order valence-corrected chi connectivity index (χ1v) is 8.95. The van der Waals surface area contributed by atoms with Crippen LogP contribution < -0.4 is 10.1 Å². The number of carbonyl (C=O) groups excluding carboxylic acids is 1. The number of hydrogen-bond donors (Lipinski definition) is 1. The van der Waals surface area contributed by atoms with Crippen LogP contribution in [0.5, 0.6) is 5.75 Å². The van der Waals surface area contributed by atoms with Crippen molar-refractivity contribution in [1.82, 2.24) is 20.0 Å². The van der Waals surface area contributed by atoms with Gasteiger partial charge in [0, 0.05) is 37.6 Å². The molecule has 0 unspecified atom stereocenters. The van der Waals surface area contributed by atoms with Crippen LogP contribution in [0.1, 0.15) is 11.1 Å². The van der Waals surface area contributed by atoms with E-state index in [0.29, 0.717) is 19.8 Å². The van der Waals surface area contributed by atoms with Crippen molar-refractivity contribution in [3.05, 3.63) is 47.8 Å². The van der Waals surface area contributed by atoms with Gasteiger partial charge in [0.2, 0.25) is 5.91 Å². The molecule has 3 heterocycles. The van der Waals surface area contributed by atoms with Crippen LogP contribution >= 0.6 is 0 Å². The number of rotatable bonds is 5. The van der Waals surface area contributed by atoms with Crippen LogP contribution in [-0.2, 0) is 22.6 Å². The van der Waals surface area contributed by atoms with Crippen molar-refractivity contribution in [1.29, 1.82) is 0 Å². The zero-order chi connectivity index (χ0) is 17.9. The van der Waals surface area contributed by atoms with Gasteiger partial charge in [-0.2, -0.15) is 5.10 Å². The first-order chi connectivity index (χ1) is 12.7. The van der Waals surface area contributed by atoms with E-state index < -0.39 is 0 Å². The number of nitrogens with zero attached hydrogens (tertiary/aromatic N) is 3. The Bertz CT molecular complexity index is 762. The Hall–Kier alpha value is -2.38. The van der Waals surface area contributed by atoms with Crippen molar-refractivity contribution < 1.29 is 14.3 Å². The summed E-state index contributed by atoms with van der Waals surface area (Å²) in [5, 5.41) is 7.36. The fourth-order valence-electron chi connectivity index (χ4n) is 3.73. The molecular formula is C19H24N4O3. The molecule has 2 saturated heterocycles. The fraction of sp³-hybridized carbons (Fsp3) is 0.474. The Morgan fingerprint density at radius 1 is 1.31 bits per heavy atom. The van der Waals surface area contributed by atoms with Crippen molar-refractivity contribution in [3.8, 4) is 5.75 Å². The SMILES string of the molecule is COc1ccc(CN2C[C@H]3COC[C@@H](C2)C(=O)N3)cc1Cn1cccn1. The summed E-state index contributed by atoms with van der Waals surface area (Å²) in [6.45, 7) is 4.10. The van der Waals surface area contributed by atoms with Gasteiger partial charge in [0.1, 0.15) is 5.75 Å². The molecule has 1 aromatic carbocycles. The van der Waals surface area contributed by atoms with E-state index in [9.17, 15) is 4.79 Å². The normalized spacial score (nSPS) is 23.3. The number of nitrogens with one attached hydrogen (secondary N) is 1. The summed E-state index contributed by atoms with van der Waals surface area (Å²) in [4.78, 5) is 14.5. The average molecular weight is 356 g/mol. The Kier molecular flexibility index (Phi) is 4.90. The smallest absolute Gasteiger partial charge is 0.227 e. The Morgan fingerprint density at radius 2 is 2.23 bits per heavy atom. The van der Waals surface area contributed by atoms with Gasteiger partial charge in [0.25, 0.3) is 0 Å². The van der Waals surface area contributed by atoms with E-state index in [-0.39, 0.29) is 17.9 Å². The second-order valence-electron chi connectivity index (χ2n) is 6.98. The first kappa shape index (κ1) is 17.1. The van der Waals surface area contributed by atoms with Crippen LogP contribution in [0.25, 0.3) is 0 Å². The van der Waals surface area contributed by atoms with E-state index in [0.717, 1.165) is 30.9 Å². The minimum atomic E-state index is -0.0932. The summed E-state index contributed by atoms with van der Waals surface area (Å²) in [7, 11) is 1.69. The molecular weight excluding hydrogens is 332 g/mol. The molecule has 7 heteroatoms. The molecule has 2 atom stereocenters. The molecule has 0 saturated carbocycles. The van der Waals surface area contributed by atoms with Gasteiger partial charge in [-0.1, -0.05) is 6.07 Å². The van der Waals surface area contributed by atoms with Gasteiger partial charge in [-0.05, 0) is 23.8 Å². The van der Waals surface area contributed by atoms with E-state index in [4.69, 9.17) is 9.47 Å². The van der Waals surface area contributed by atoms with Crippen LogP contribution in [0.4, 0.5) is 0 Å².